The Morgan fingerprint density at radius 2 is 1.87 bits per heavy atom. The van der Waals surface area contributed by atoms with Crippen LogP contribution < -0.4 is 10.5 Å². The number of rotatable bonds is 8. The summed E-state index contributed by atoms with van der Waals surface area (Å²) in [5.41, 5.74) is 3.33. The first kappa shape index (κ1) is 23.2. The van der Waals surface area contributed by atoms with Crippen LogP contribution in [-0.2, 0) is 22.2 Å². The lowest BCUT2D eigenvalue weighted by Crippen LogP contribution is -2.27. The fraction of sp³-hybridized carbons (Fsp3) is 0.190. The highest BCUT2D eigenvalue weighted by atomic mass is 35.5. The summed E-state index contributed by atoms with van der Waals surface area (Å²) < 4.78 is 22.6. The van der Waals surface area contributed by atoms with E-state index in [9.17, 15) is 13.2 Å². The number of primary sulfonamides is 1. The number of sulfonamides is 1. The number of hydrogen-bond acceptors (Lipinski definition) is 6. The molecule has 3 N–H and O–H groups in total. The zero-order valence-corrected chi connectivity index (χ0v) is 19.1. The van der Waals surface area contributed by atoms with Gasteiger partial charge >= 0.3 is 0 Å². The quantitative estimate of drug-likeness (QED) is 0.380. The van der Waals surface area contributed by atoms with Crippen LogP contribution in [0.5, 0.6) is 0 Å². The molecule has 0 bridgehead atoms. The molecule has 10 heteroatoms. The van der Waals surface area contributed by atoms with E-state index >= 15 is 0 Å². The van der Waals surface area contributed by atoms with E-state index in [1.54, 1.807) is 12.1 Å². The first-order valence-electron chi connectivity index (χ1n) is 9.34. The van der Waals surface area contributed by atoms with Gasteiger partial charge in [0.15, 0.2) is 10.9 Å². The minimum absolute atomic E-state index is 0.0452. The highest BCUT2D eigenvalue weighted by molar-refractivity contribution is 7.98. The number of aryl methyl sites for hydroxylation is 1. The SMILES string of the molecule is Cc1ccccc1CSc1ncc(Cl)c(C(=O)NCCc2ccc(S(N)(=O)=O)cc2)n1. The predicted octanol–water partition coefficient (Wildman–Crippen LogP) is 3.35. The minimum atomic E-state index is -3.72. The van der Waals surface area contributed by atoms with Crippen molar-refractivity contribution in [3.63, 3.8) is 0 Å². The number of nitrogens with zero attached hydrogens (tertiary/aromatic N) is 2. The van der Waals surface area contributed by atoms with Gasteiger partial charge in [-0.25, -0.2) is 23.5 Å². The van der Waals surface area contributed by atoms with Crippen LogP contribution in [0.2, 0.25) is 5.02 Å². The van der Waals surface area contributed by atoms with Gasteiger partial charge in [-0.1, -0.05) is 59.8 Å². The van der Waals surface area contributed by atoms with E-state index in [-0.39, 0.29) is 15.6 Å². The fourth-order valence-electron chi connectivity index (χ4n) is 2.74. The summed E-state index contributed by atoms with van der Waals surface area (Å²) in [5.74, 6) is 0.287. The van der Waals surface area contributed by atoms with Crippen LogP contribution in [0.3, 0.4) is 0 Å². The number of benzene rings is 2. The van der Waals surface area contributed by atoms with Gasteiger partial charge < -0.3 is 5.32 Å². The van der Waals surface area contributed by atoms with Gasteiger partial charge in [0, 0.05) is 12.3 Å². The van der Waals surface area contributed by atoms with E-state index in [0.717, 1.165) is 5.56 Å². The average molecular weight is 477 g/mol. The molecule has 2 aromatic carbocycles. The molecule has 0 aliphatic carbocycles. The largest absolute Gasteiger partial charge is 0.350 e. The molecule has 1 heterocycles. The van der Waals surface area contributed by atoms with E-state index in [0.29, 0.717) is 23.9 Å². The predicted molar refractivity (Wildman–Crippen MR) is 122 cm³/mol. The molecule has 31 heavy (non-hydrogen) atoms. The number of thioether (sulfide) groups is 1. The monoisotopic (exact) mass is 476 g/mol. The second-order valence-electron chi connectivity index (χ2n) is 6.76. The lowest BCUT2D eigenvalue weighted by molar-refractivity contribution is 0.0948. The third-order valence-corrected chi connectivity index (χ3v) is 6.62. The molecule has 1 amide bonds. The summed E-state index contributed by atoms with van der Waals surface area (Å²) in [6, 6.07) is 14.2. The van der Waals surface area contributed by atoms with Crippen molar-refractivity contribution < 1.29 is 13.2 Å². The van der Waals surface area contributed by atoms with Crippen molar-refractivity contribution in [3.05, 3.63) is 82.1 Å². The van der Waals surface area contributed by atoms with Crippen molar-refractivity contribution in [3.8, 4) is 0 Å². The molecule has 0 unspecified atom stereocenters. The van der Waals surface area contributed by atoms with Crippen LogP contribution in [0.1, 0.15) is 27.2 Å². The van der Waals surface area contributed by atoms with Crippen LogP contribution in [0.15, 0.2) is 64.8 Å². The number of amides is 1. The molecule has 7 nitrogen and oxygen atoms in total. The Morgan fingerprint density at radius 3 is 2.55 bits per heavy atom. The van der Waals surface area contributed by atoms with E-state index in [4.69, 9.17) is 16.7 Å². The summed E-state index contributed by atoms with van der Waals surface area (Å²) in [7, 11) is -3.72. The summed E-state index contributed by atoms with van der Waals surface area (Å²) in [6.07, 6.45) is 1.93. The van der Waals surface area contributed by atoms with E-state index < -0.39 is 15.9 Å². The van der Waals surface area contributed by atoms with E-state index in [1.807, 2.05) is 31.2 Å². The third-order valence-electron chi connectivity index (χ3n) is 4.51. The Balaban J connectivity index is 1.58. The molecule has 162 valence electrons. The lowest BCUT2D eigenvalue weighted by Gasteiger charge is -2.08. The molecule has 0 spiro atoms. The zero-order valence-electron chi connectivity index (χ0n) is 16.7. The first-order chi connectivity index (χ1) is 14.7. The Hall–Kier alpha value is -2.46. The van der Waals surface area contributed by atoms with Crippen molar-refractivity contribution in [2.45, 2.75) is 29.1 Å². The Bertz CT molecular complexity index is 1190. The molecule has 1 aromatic heterocycles. The summed E-state index contributed by atoms with van der Waals surface area (Å²) in [5, 5.41) is 8.51. The van der Waals surface area contributed by atoms with Gasteiger partial charge in [-0.3, -0.25) is 4.79 Å². The molecule has 0 atom stereocenters. The maximum absolute atomic E-state index is 12.5. The molecule has 0 aliphatic heterocycles. The van der Waals surface area contributed by atoms with E-state index in [2.05, 4.69) is 15.3 Å². The Labute approximate surface area is 190 Å². The molecule has 0 aliphatic rings. The van der Waals surface area contributed by atoms with Crippen LogP contribution >= 0.6 is 23.4 Å². The van der Waals surface area contributed by atoms with Crippen LogP contribution in [0, 0.1) is 6.92 Å². The van der Waals surface area contributed by atoms with Gasteiger partial charge in [-0.15, -0.1) is 0 Å². The Morgan fingerprint density at radius 1 is 1.16 bits per heavy atom. The summed E-state index contributed by atoms with van der Waals surface area (Å²) in [6.45, 7) is 2.37. The third kappa shape index (κ3) is 6.51. The Kier molecular flexibility index (Phi) is 7.66. The summed E-state index contributed by atoms with van der Waals surface area (Å²) in [4.78, 5) is 21.1. The normalized spacial score (nSPS) is 11.3. The molecule has 0 radical (unpaired) electrons. The highest BCUT2D eigenvalue weighted by Gasteiger charge is 2.15. The second kappa shape index (κ2) is 10.2. The van der Waals surface area contributed by atoms with Gasteiger partial charge in [-0.05, 0) is 42.2 Å². The van der Waals surface area contributed by atoms with Crippen molar-refractivity contribution in [1.82, 2.24) is 15.3 Å². The molecule has 0 saturated heterocycles. The second-order valence-corrected chi connectivity index (χ2v) is 9.67. The molecule has 3 aromatic rings. The van der Waals surface area contributed by atoms with Gasteiger partial charge in [0.1, 0.15) is 0 Å². The highest BCUT2D eigenvalue weighted by Crippen LogP contribution is 2.23. The molecule has 0 saturated carbocycles. The van der Waals surface area contributed by atoms with Gasteiger partial charge in [0.2, 0.25) is 10.0 Å². The van der Waals surface area contributed by atoms with Gasteiger partial charge in [0.05, 0.1) is 16.1 Å². The topological polar surface area (TPSA) is 115 Å². The number of nitrogens with two attached hydrogens (primary N) is 1. The fourth-order valence-corrected chi connectivity index (χ4v) is 4.33. The van der Waals surface area contributed by atoms with Gasteiger partial charge in [0.25, 0.3) is 5.91 Å². The zero-order chi connectivity index (χ0) is 22.4. The van der Waals surface area contributed by atoms with Crippen LogP contribution in [0.4, 0.5) is 0 Å². The minimum Gasteiger partial charge on any atom is -0.350 e. The number of nitrogens with one attached hydrogen (secondary N) is 1. The van der Waals surface area contributed by atoms with E-state index in [1.165, 1.54) is 41.2 Å². The standard InChI is InChI=1S/C21H21ClN4O3S2/c1-14-4-2-3-5-16(14)13-30-21-25-12-18(22)19(26-21)20(27)24-11-10-15-6-8-17(9-7-15)31(23,28)29/h2-9,12H,10-11,13H2,1H3,(H,24,27)(H2,23,28,29). The maximum atomic E-state index is 12.5. The number of carbonyl (C=O) groups is 1. The maximum Gasteiger partial charge on any atom is 0.271 e. The molecule has 0 fully saturated rings. The van der Waals surface area contributed by atoms with Gasteiger partial charge in [-0.2, -0.15) is 0 Å². The van der Waals surface area contributed by atoms with Crippen molar-refractivity contribution >= 4 is 39.3 Å². The van der Waals surface area contributed by atoms with Crippen LogP contribution in [0.25, 0.3) is 0 Å². The number of aromatic nitrogens is 2. The average Bonchev–Trinajstić information content (AvgIpc) is 2.74. The smallest absolute Gasteiger partial charge is 0.271 e. The van der Waals surface area contributed by atoms with Crippen molar-refractivity contribution in [2.75, 3.05) is 6.54 Å². The number of halogens is 1. The number of carbonyl (C=O) groups excluding carboxylic acids is 1. The number of hydrogen-bond donors (Lipinski definition) is 2. The van der Waals surface area contributed by atoms with Crippen molar-refractivity contribution in [2.24, 2.45) is 5.14 Å². The molecular weight excluding hydrogens is 456 g/mol. The molecular formula is C21H21ClN4O3S2. The summed E-state index contributed by atoms with van der Waals surface area (Å²) >= 11 is 7.56. The van der Waals surface area contributed by atoms with Crippen LogP contribution in [-0.4, -0.2) is 30.8 Å². The van der Waals surface area contributed by atoms with Crippen molar-refractivity contribution in [1.29, 1.82) is 0 Å². The first-order valence-corrected chi connectivity index (χ1v) is 12.2. The molecule has 3 rings (SSSR count). The lowest BCUT2D eigenvalue weighted by atomic mass is 10.1.